The molecule has 0 heterocycles. The zero-order valence-electron chi connectivity index (χ0n) is 52.7. The third-order valence-electron chi connectivity index (χ3n) is 15.9. The van der Waals surface area contributed by atoms with Crippen LogP contribution >= 0.6 is 0 Å². The fourth-order valence-corrected chi connectivity index (χ4v) is 10.6. The number of allylic oxidation sites excluding steroid dienone is 6. The summed E-state index contributed by atoms with van der Waals surface area (Å²) in [6, 6.07) is 0. The van der Waals surface area contributed by atoms with E-state index in [2.05, 4.69) is 57.2 Å². The van der Waals surface area contributed by atoms with E-state index in [9.17, 15) is 14.4 Å². The number of unbranched alkanes of at least 4 members (excludes halogenated alkanes) is 48. The molecule has 6 nitrogen and oxygen atoms in total. The van der Waals surface area contributed by atoms with Crippen molar-refractivity contribution in [3.05, 3.63) is 36.5 Å². The van der Waals surface area contributed by atoms with Crippen LogP contribution < -0.4 is 0 Å². The minimum Gasteiger partial charge on any atom is -0.462 e. The first kappa shape index (κ1) is 75.6. The van der Waals surface area contributed by atoms with Crippen molar-refractivity contribution in [1.82, 2.24) is 0 Å². The van der Waals surface area contributed by atoms with Crippen molar-refractivity contribution in [1.29, 1.82) is 0 Å². The lowest BCUT2D eigenvalue weighted by atomic mass is 10.0. The number of ether oxygens (including phenoxy) is 3. The molecule has 0 aliphatic carbocycles. The van der Waals surface area contributed by atoms with E-state index in [4.69, 9.17) is 14.2 Å². The molecule has 6 heteroatoms. The van der Waals surface area contributed by atoms with Crippen LogP contribution in [0.5, 0.6) is 0 Å². The Hall–Kier alpha value is -2.37. The van der Waals surface area contributed by atoms with Crippen LogP contribution in [0.2, 0.25) is 0 Å². The van der Waals surface area contributed by atoms with Gasteiger partial charge in [-0.15, -0.1) is 0 Å². The highest BCUT2D eigenvalue weighted by molar-refractivity contribution is 5.71. The molecule has 0 aromatic carbocycles. The maximum absolute atomic E-state index is 13.0. The zero-order valence-corrected chi connectivity index (χ0v) is 52.7. The second-order valence-electron chi connectivity index (χ2n) is 23.8. The highest BCUT2D eigenvalue weighted by atomic mass is 16.6. The lowest BCUT2D eigenvalue weighted by molar-refractivity contribution is -0.167. The average molecular weight is 1100 g/mol. The van der Waals surface area contributed by atoms with Gasteiger partial charge in [-0.3, -0.25) is 14.4 Å². The Balaban J connectivity index is 4.32. The minimum atomic E-state index is -0.775. The van der Waals surface area contributed by atoms with Crippen molar-refractivity contribution in [3.8, 4) is 0 Å². The molecule has 0 spiro atoms. The van der Waals surface area contributed by atoms with E-state index in [0.717, 1.165) is 64.2 Å². The summed E-state index contributed by atoms with van der Waals surface area (Å²) in [4.78, 5) is 38.5. The van der Waals surface area contributed by atoms with Gasteiger partial charge in [0.05, 0.1) is 0 Å². The van der Waals surface area contributed by atoms with Crippen LogP contribution in [0.25, 0.3) is 0 Å². The first-order valence-electron chi connectivity index (χ1n) is 35.0. The minimum absolute atomic E-state index is 0.0704. The molecular formula is C72H134O6. The van der Waals surface area contributed by atoms with Crippen LogP contribution in [-0.4, -0.2) is 37.2 Å². The van der Waals surface area contributed by atoms with E-state index < -0.39 is 6.10 Å². The molecule has 0 aromatic rings. The summed E-state index contributed by atoms with van der Waals surface area (Å²) < 4.78 is 17.0. The second-order valence-corrected chi connectivity index (χ2v) is 23.8. The van der Waals surface area contributed by atoms with E-state index in [0.29, 0.717) is 19.3 Å². The Morgan fingerprint density at radius 1 is 0.256 bits per heavy atom. The lowest BCUT2D eigenvalue weighted by Crippen LogP contribution is -2.30. The van der Waals surface area contributed by atoms with E-state index in [1.165, 1.54) is 283 Å². The maximum atomic E-state index is 13.0. The van der Waals surface area contributed by atoms with Crippen molar-refractivity contribution in [2.45, 2.75) is 393 Å². The van der Waals surface area contributed by atoms with Gasteiger partial charge in [0.2, 0.25) is 0 Å². The SMILES string of the molecule is CCCCCCC/C=C\C/C=C\CCCCCCCCCCCC(=O)OC(COC(=O)CCCCCCCCC/C=C\CCCCCCCC)COC(=O)CCCCCCCCCCCCCCCCCCCCCCCC. The van der Waals surface area contributed by atoms with E-state index in [1.54, 1.807) is 0 Å². The van der Waals surface area contributed by atoms with Gasteiger partial charge in [0, 0.05) is 19.3 Å². The second kappa shape index (κ2) is 67.1. The third kappa shape index (κ3) is 64.5. The van der Waals surface area contributed by atoms with Crippen LogP contribution in [0.3, 0.4) is 0 Å². The smallest absolute Gasteiger partial charge is 0.306 e. The van der Waals surface area contributed by atoms with Crippen LogP contribution in [0.15, 0.2) is 36.5 Å². The molecule has 0 saturated carbocycles. The summed E-state index contributed by atoms with van der Waals surface area (Å²) in [6.45, 7) is 6.70. The summed E-state index contributed by atoms with van der Waals surface area (Å²) in [5.41, 5.74) is 0. The molecule has 0 aliphatic rings. The molecular weight excluding hydrogens is 961 g/mol. The van der Waals surface area contributed by atoms with E-state index in [-0.39, 0.29) is 31.1 Å². The molecule has 0 aromatic heterocycles. The van der Waals surface area contributed by atoms with Crippen LogP contribution in [0.1, 0.15) is 387 Å². The lowest BCUT2D eigenvalue weighted by Gasteiger charge is -2.18. The van der Waals surface area contributed by atoms with Gasteiger partial charge >= 0.3 is 17.9 Å². The summed E-state index contributed by atoms with van der Waals surface area (Å²) >= 11 is 0. The Morgan fingerprint density at radius 3 is 0.718 bits per heavy atom. The molecule has 0 saturated heterocycles. The third-order valence-corrected chi connectivity index (χ3v) is 15.9. The van der Waals surface area contributed by atoms with Gasteiger partial charge in [-0.2, -0.15) is 0 Å². The van der Waals surface area contributed by atoms with Gasteiger partial charge in [-0.05, 0) is 77.0 Å². The Kier molecular flexibility index (Phi) is 65.1. The summed E-state index contributed by atoms with van der Waals surface area (Å²) in [6.07, 6.45) is 83.0. The largest absolute Gasteiger partial charge is 0.462 e. The summed E-state index contributed by atoms with van der Waals surface area (Å²) in [5.74, 6) is -0.850. The number of carbonyl (C=O) groups excluding carboxylic acids is 3. The molecule has 0 aliphatic heterocycles. The number of hydrogen-bond donors (Lipinski definition) is 0. The molecule has 0 N–H and O–H groups in total. The molecule has 458 valence electrons. The van der Waals surface area contributed by atoms with Crippen molar-refractivity contribution in [2.75, 3.05) is 13.2 Å². The molecule has 0 bridgehead atoms. The highest BCUT2D eigenvalue weighted by Crippen LogP contribution is 2.18. The van der Waals surface area contributed by atoms with Gasteiger partial charge in [-0.25, -0.2) is 0 Å². The Morgan fingerprint density at radius 2 is 0.462 bits per heavy atom. The molecule has 1 unspecified atom stereocenters. The highest BCUT2D eigenvalue weighted by Gasteiger charge is 2.19. The molecule has 78 heavy (non-hydrogen) atoms. The summed E-state index contributed by atoms with van der Waals surface area (Å²) in [7, 11) is 0. The van der Waals surface area contributed by atoms with Gasteiger partial charge in [0.25, 0.3) is 0 Å². The number of rotatable bonds is 65. The number of carbonyl (C=O) groups is 3. The molecule has 1 atom stereocenters. The van der Waals surface area contributed by atoms with Crippen LogP contribution in [-0.2, 0) is 28.6 Å². The monoisotopic (exact) mass is 1100 g/mol. The fraction of sp³-hybridized carbons (Fsp3) is 0.875. The van der Waals surface area contributed by atoms with Crippen LogP contribution in [0.4, 0.5) is 0 Å². The molecule has 0 radical (unpaired) electrons. The van der Waals surface area contributed by atoms with Gasteiger partial charge in [0.15, 0.2) is 6.10 Å². The fourth-order valence-electron chi connectivity index (χ4n) is 10.6. The van der Waals surface area contributed by atoms with Crippen molar-refractivity contribution < 1.29 is 28.6 Å². The van der Waals surface area contributed by atoms with E-state index >= 15 is 0 Å². The zero-order chi connectivity index (χ0) is 56.4. The van der Waals surface area contributed by atoms with Gasteiger partial charge in [-0.1, -0.05) is 327 Å². The maximum Gasteiger partial charge on any atom is 0.306 e. The van der Waals surface area contributed by atoms with Gasteiger partial charge < -0.3 is 14.2 Å². The first-order valence-corrected chi connectivity index (χ1v) is 35.0. The number of esters is 3. The predicted octanol–water partition coefficient (Wildman–Crippen LogP) is 23.9. The Labute approximate surface area is 486 Å². The normalized spacial score (nSPS) is 12.2. The standard InChI is InChI=1S/C72H134O6/c1-4-7-10-13-16-19-22-25-28-31-33-35-37-38-41-44-47-50-53-56-59-62-65-71(74)77-68-69(67-76-70(73)64-61-58-55-52-49-46-43-40-30-27-24-21-18-15-12-9-6-3)78-72(75)66-63-60-57-54-51-48-45-42-39-36-34-32-29-26-23-20-17-14-11-8-5-2/h23,26-27,30,32,34,69H,4-22,24-25,28-29,31,33,35-68H2,1-3H3/b26-23-,30-27-,34-32-. The molecule has 0 amide bonds. The average Bonchev–Trinajstić information content (AvgIpc) is 3.44. The quantitative estimate of drug-likeness (QED) is 0.0261. The van der Waals surface area contributed by atoms with Gasteiger partial charge in [0.1, 0.15) is 13.2 Å². The van der Waals surface area contributed by atoms with Crippen molar-refractivity contribution >= 4 is 17.9 Å². The molecule has 0 fully saturated rings. The number of hydrogen-bond acceptors (Lipinski definition) is 6. The van der Waals surface area contributed by atoms with Crippen molar-refractivity contribution in [3.63, 3.8) is 0 Å². The van der Waals surface area contributed by atoms with E-state index in [1.807, 2.05) is 0 Å². The first-order chi connectivity index (χ1) is 38.5. The summed E-state index contributed by atoms with van der Waals surface area (Å²) in [5, 5.41) is 0. The topological polar surface area (TPSA) is 78.9 Å². The molecule has 0 rings (SSSR count). The predicted molar refractivity (Wildman–Crippen MR) is 339 cm³/mol. The Bertz CT molecular complexity index is 1300. The van der Waals surface area contributed by atoms with Crippen molar-refractivity contribution in [2.24, 2.45) is 0 Å². The van der Waals surface area contributed by atoms with Crippen LogP contribution in [0, 0.1) is 0 Å².